The molecule has 0 amide bonds. The van der Waals surface area contributed by atoms with E-state index >= 15 is 0 Å². The topological polar surface area (TPSA) is 15.3 Å². The predicted molar refractivity (Wildman–Crippen MR) is 65.1 cm³/mol. The van der Waals surface area contributed by atoms with Crippen molar-refractivity contribution in [2.45, 2.75) is 39.8 Å². The van der Waals surface area contributed by atoms with Gasteiger partial charge in [0.1, 0.15) is 0 Å². The molecule has 0 saturated heterocycles. The molecule has 1 N–H and O–H groups in total. The van der Waals surface area contributed by atoms with Crippen LogP contribution >= 0.6 is 0 Å². The summed E-state index contributed by atoms with van der Waals surface area (Å²) in [5.74, 6) is 0. The smallest absolute Gasteiger partial charge is 0.316 e. The van der Waals surface area contributed by atoms with E-state index in [1.54, 1.807) is 7.05 Å². The quantitative estimate of drug-likeness (QED) is 0.716. The maximum absolute atomic E-state index is 12.3. The zero-order chi connectivity index (χ0) is 13.5. The molecule has 0 radical (unpaired) electrons. The summed E-state index contributed by atoms with van der Waals surface area (Å²) in [6.45, 7) is 7.37. The van der Waals surface area contributed by atoms with Gasteiger partial charge in [-0.05, 0) is 31.8 Å². The molecule has 2 nitrogen and oxygen atoms in total. The molecule has 0 aliphatic carbocycles. The lowest BCUT2D eigenvalue weighted by molar-refractivity contribution is -0.146. The summed E-state index contributed by atoms with van der Waals surface area (Å²) in [6.07, 6.45) is -2.34. The van der Waals surface area contributed by atoms with Gasteiger partial charge in [-0.2, -0.15) is 13.2 Å². The Bertz CT molecular complexity index is 200. The number of nitrogens with zero attached hydrogens (tertiary/aromatic N) is 1. The molecule has 0 saturated carbocycles. The molecule has 0 aliphatic rings. The van der Waals surface area contributed by atoms with Gasteiger partial charge in [0.25, 0.3) is 0 Å². The lowest BCUT2D eigenvalue weighted by Gasteiger charge is -2.36. The molecular formula is C12H25F3N2. The molecule has 5 heteroatoms. The second kappa shape index (κ2) is 7.21. The van der Waals surface area contributed by atoms with Crippen LogP contribution in [0.4, 0.5) is 13.2 Å². The van der Waals surface area contributed by atoms with Gasteiger partial charge in [0, 0.05) is 13.1 Å². The second-order valence-electron chi connectivity index (χ2n) is 4.77. The number of hydrogen-bond donors (Lipinski definition) is 1. The van der Waals surface area contributed by atoms with Crippen molar-refractivity contribution in [3.05, 3.63) is 0 Å². The summed E-state index contributed by atoms with van der Waals surface area (Å²) in [5, 5.41) is 3.25. The predicted octanol–water partition coefficient (Wildman–Crippen LogP) is 2.90. The standard InChI is InChI=1S/C12H25F3N2/c1-5-11(6-2,8-16-7-3)9-17(4)10-12(13,14)15/h16H,5-10H2,1-4H3. The van der Waals surface area contributed by atoms with Crippen molar-refractivity contribution in [2.75, 3.05) is 33.2 Å². The Morgan fingerprint density at radius 3 is 1.88 bits per heavy atom. The summed E-state index contributed by atoms with van der Waals surface area (Å²) in [6, 6.07) is 0. The van der Waals surface area contributed by atoms with Crippen LogP contribution in [0.25, 0.3) is 0 Å². The van der Waals surface area contributed by atoms with Gasteiger partial charge in [0.15, 0.2) is 0 Å². The van der Waals surface area contributed by atoms with E-state index in [-0.39, 0.29) is 5.41 Å². The Morgan fingerprint density at radius 2 is 1.53 bits per heavy atom. The Labute approximate surface area is 103 Å². The van der Waals surface area contributed by atoms with E-state index in [1.807, 2.05) is 20.8 Å². The van der Waals surface area contributed by atoms with Gasteiger partial charge in [-0.25, -0.2) is 0 Å². The first-order chi connectivity index (χ1) is 7.78. The molecule has 0 aromatic heterocycles. The van der Waals surface area contributed by atoms with Crippen LogP contribution in [0, 0.1) is 5.41 Å². The van der Waals surface area contributed by atoms with Crippen LogP contribution in [0.15, 0.2) is 0 Å². The summed E-state index contributed by atoms with van der Waals surface area (Å²) >= 11 is 0. The van der Waals surface area contributed by atoms with Gasteiger partial charge in [0.05, 0.1) is 6.54 Å². The number of nitrogens with one attached hydrogen (secondary N) is 1. The molecule has 0 fully saturated rings. The Hall–Kier alpha value is -0.290. The van der Waals surface area contributed by atoms with Crippen LogP contribution in [0.3, 0.4) is 0 Å². The highest BCUT2D eigenvalue weighted by Crippen LogP contribution is 2.27. The Balaban J connectivity index is 4.41. The molecule has 0 spiro atoms. The van der Waals surface area contributed by atoms with E-state index in [0.717, 1.165) is 25.9 Å². The number of hydrogen-bond acceptors (Lipinski definition) is 2. The zero-order valence-electron chi connectivity index (χ0n) is 11.3. The van der Waals surface area contributed by atoms with Gasteiger partial charge in [-0.1, -0.05) is 20.8 Å². The summed E-state index contributed by atoms with van der Waals surface area (Å²) in [5.41, 5.74) is -0.0595. The first-order valence-corrected chi connectivity index (χ1v) is 6.24. The minimum absolute atomic E-state index is 0.0595. The number of halogens is 3. The lowest BCUT2D eigenvalue weighted by Crippen LogP contribution is -2.44. The highest BCUT2D eigenvalue weighted by molar-refractivity contribution is 4.82. The van der Waals surface area contributed by atoms with Crippen molar-refractivity contribution in [3.63, 3.8) is 0 Å². The molecule has 0 aliphatic heterocycles. The van der Waals surface area contributed by atoms with Gasteiger partial charge >= 0.3 is 6.18 Å². The molecule has 17 heavy (non-hydrogen) atoms. The van der Waals surface area contributed by atoms with Crippen molar-refractivity contribution in [3.8, 4) is 0 Å². The van der Waals surface area contributed by atoms with Crippen LogP contribution in [-0.4, -0.2) is 44.3 Å². The monoisotopic (exact) mass is 254 g/mol. The maximum atomic E-state index is 12.3. The highest BCUT2D eigenvalue weighted by Gasteiger charge is 2.33. The molecule has 0 atom stereocenters. The minimum Gasteiger partial charge on any atom is -0.316 e. The summed E-state index contributed by atoms with van der Waals surface area (Å²) in [7, 11) is 1.54. The molecule has 0 bridgehead atoms. The average molecular weight is 254 g/mol. The van der Waals surface area contributed by atoms with Crippen LogP contribution < -0.4 is 5.32 Å². The van der Waals surface area contributed by atoms with Crippen molar-refractivity contribution in [2.24, 2.45) is 5.41 Å². The molecule has 0 heterocycles. The third kappa shape index (κ3) is 6.88. The first kappa shape index (κ1) is 16.7. The second-order valence-corrected chi connectivity index (χ2v) is 4.77. The molecule has 0 aromatic carbocycles. The number of alkyl halides is 3. The molecule has 0 unspecified atom stereocenters. The fraction of sp³-hybridized carbons (Fsp3) is 1.00. The van der Waals surface area contributed by atoms with Gasteiger partial charge in [0.2, 0.25) is 0 Å². The van der Waals surface area contributed by atoms with Gasteiger partial charge in [-0.3, -0.25) is 4.90 Å². The largest absolute Gasteiger partial charge is 0.401 e. The Kier molecular flexibility index (Phi) is 7.09. The van der Waals surface area contributed by atoms with Crippen molar-refractivity contribution < 1.29 is 13.2 Å². The maximum Gasteiger partial charge on any atom is 0.401 e. The third-order valence-corrected chi connectivity index (χ3v) is 3.30. The average Bonchev–Trinajstić information content (AvgIpc) is 2.21. The van der Waals surface area contributed by atoms with Crippen LogP contribution in [0.5, 0.6) is 0 Å². The zero-order valence-corrected chi connectivity index (χ0v) is 11.3. The van der Waals surface area contributed by atoms with E-state index in [9.17, 15) is 13.2 Å². The fourth-order valence-electron chi connectivity index (χ4n) is 2.10. The van der Waals surface area contributed by atoms with Crippen LogP contribution in [-0.2, 0) is 0 Å². The van der Waals surface area contributed by atoms with Gasteiger partial charge in [-0.15, -0.1) is 0 Å². The van der Waals surface area contributed by atoms with E-state index < -0.39 is 12.7 Å². The van der Waals surface area contributed by atoms with Crippen molar-refractivity contribution in [1.29, 1.82) is 0 Å². The van der Waals surface area contributed by atoms with Gasteiger partial charge < -0.3 is 5.32 Å². The van der Waals surface area contributed by atoms with Crippen LogP contribution in [0.2, 0.25) is 0 Å². The van der Waals surface area contributed by atoms with Crippen molar-refractivity contribution in [1.82, 2.24) is 10.2 Å². The molecular weight excluding hydrogens is 229 g/mol. The number of rotatable bonds is 8. The third-order valence-electron chi connectivity index (χ3n) is 3.30. The van der Waals surface area contributed by atoms with Crippen LogP contribution in [0.1, 0.15) is 33.6 Å². The highest BCUT2D eigenvalue weighted by atomic mass is 19.4. The summed E-state index contributed by atoms with van der Waals surface area (Å²) < 4.78 is 36.9. The molecule has 0 rings (SSSR count). The van der Waals surface area contributed by atoms with E-state index in [0.29, 0.717) is 6.54 Å². The van der Waals surface area contributed by atoms with E-state index in [4.69, 9.17) is 0 Å². The minimum atomic E-state index is -4.11. The SMILES string of the molecule is CCNCC(CC)(CC)CN(C)CC(F)(F)F. The fourth-order valence-corrected chi connectivity index (χ4v) is 2.10. The molecule has 104 valence electrons. The van der Waals surface area contributed by atoms with Crippen molar-refractivity contribution >= 4 is 0 Å². The normalized spacial score (nSPS) is 13.4. The molecule has 0 aromatic rings. The van der Waals surface area contributed by atoms with E-state index in [1.165, 1.54) is 4.90 Å². The lowest BCUT2D eigenvalue weighted by atomic mass is 9.81. The van der Waals surface area contributed by atoms with E-state index in [2.05, 4.69) is 5.32 Å². The first-order valence-electron chi connectivity index (χ1n) is 6.24. The summed E-state index contributed by atoms with van der Waals surface area (Å²) in [4.78, 5) is 1.38. The Morgan fingerprint density at radius 1 is 1.00 bits per heavy atom.